The van der Waals surface area contributed by atoms with Gasteiger partial charge in [0.05, 0.1) is 37.9 Å². The van der Waals surface area contributed by atoms with Gasteiger partial charge < -0.3 is 19.9 Å². The first kappa shape index (κ1) is 24.7. The number of rotatable bonds is 6. The lowest BCUT2D eigenvalue weighted by atomic mass is 9.94. The molecule has 2 heterocycles. The van der Waals surface area contributed by atoms with Crippen LogP contribution >= 0.6 is 0 Å². The molecule has 9 heteroatoms. The van der Waals surface area contributed by atoms with Crippen LogP contribution in [0.2, 0.25) is 0 Å². The van der Waals surface area contributed by atoms with Gasteiger partial charge in [-0.25, -0.2) is 13.2 Å². The van der Waals surface area contributed by atoms with Crippen LogP contribution in [0.3, 0.4) is 0 Å². The van der Waals surface area contributed by atoms with Gasteiger partial charge in [-0.2, -0.15) is 0 Å². The molecule has 2 aromatic carbocycles. The van der Waals surface area contributed by atoms with Crippen molar-refractivity contribution in [3.63, 3.8) is 0 Å². The molecule has 0 unspecified atom stereocenters. The molecule has 0 spiro atoms. The summed E-state index contributed by atoms with van der Waals surface area (Å²) in [5, 5.41) is 13.1. The Kier molecular flexibility index (Phi) is 8.20. The molecule has 34 heavy (non-hydrogen) atoms. The van der Waals surface area contributed by atoms with Crippen LogP contribution in [-0.2, 0) is 27.4 Å². The number of ether oxygens (including phenoxy) is 2. The van der Waals surface area contributed by atoms with Crippen molar-refractivity contribution in [2.45, 2.75) is 56.7 Å². The van der Waals surface area contributed by atoms with Crippen molar-refractivity contribution >= 4 is 5.91 Å². The average molecular weight is 479 g/mol. The van der Waals surface area contributed by atoms with Crippen LogP contribution in [0.5, 0.6) is 0 Å². The number of carbonyl (C=O) groups excluding carboxylic acids is 1. The molecule has 2 aliphatic rings. The maximum atomic E-state index is 14.3. The van der Waals surface area contributed by atoms with Crippen LogP contribution < -0.4 is 5.32 Å². The van der Waals surface area contributed by atoms with Gasteiger partial charge in [0.1, 0.15) is 17.5 Å². The second kappa shape index (κ2) is 11.3. The number of β-amino-alcohol motifs (C(OH)–C–C–N with tert-alkyl or cyclic N) is 1. The van der Waals surface area contributed by atoms with Gasteiger partial charge in [0.2, 0.25) is 5.91 Å². The Hall–Kier alpha value is -2.46. The minimum absolute atomic E-state index is 0.109. The molecule has 2 fully saturated rings. The molecule has 2 N–H and O–H groups in total. The molecule has 0 saturated carbocycles. The summed E-state index contributed by atoms with van der Waals surface area (Å²) in [6.45, 7) is 1.01. The van der Waals surface area contributed by atoms with Crippen molar-refractivity contribution in [1.82, 2.24) is 10.2 Å². The summed E-state index contributed by atoms with van der Waals surface area (Å²) in [6.07, 6.45) is -0.00169. The molecule has 2 aliphatic heterocycles. The average Bonchev–Trinajstić information content (AvgIpc) is 2.80. The largest absolute Gasteiger partial charge is 0.389 e. The number of carbonyl (C=O) groups is 1. The molecule has 4 atom stereocenters. The van der Waals surface area contributed by atoms with E-state index >= 15 is 0 Å². The normalized spacial score (nSPS) is 25.8. The zero-order chi connectivity index (χ0) is 24.1. The zero-order valence-electron chi connectivity index (χ0n) is 18.8. The number of amides is 1. The molecule has 0 radical (unpaired) electrons. The number of hydrogen-bond donors (Lipinski definition) is 2. The van der Waals surface area contributed by atoms with E-state index in [1.807, 2.05) is 4.90 Å². The SMILES string of the molecule is O=C(C[C@H]1CC[C@H]2[C@@H](COC[C@H](O)CN2Cc2cc(F)ccc2F)O1)NCc1ccc(F)cc1. The smallest absolute Gasteiger partial charge is 0.222 e. The quantitative estimate of drug-likeness (QED) is 0.668. The number of fused-ring (bicyclic) bond motifs is 1. The highest BCUT2D eigenvalue weighted by atomic mass is 19.1. The van der Waals surface area contributed by atoms with Crippen molar-refractivity contribution in [3.8, 4) is 0 Å². The molecule has 2 saturated heterocycles. The van der Waals surface area contributed by atoms with E-state index in [4.69, 9.17) is 9.47 Å². The van der Waals surface area contributed by atoms with Crippen molar-refractivity contribution in [3.05, 3.63) is 71.0 Å². The summed E-state index contributed by atoms with van der Waals surface area (Å²) in [7, 11) is 0. The molecule has 6 nitrogen and oxygen atoms in total. The first-order chi connectivity index (χ1) is 16.4. The van der Waals surface area contributed by atoms with Crippen molar-refractivity contribution in [1.29, 1.82) is 0 Å². The molecular formula is C25H29F3N2O4. The Balaban J connectivity index is 1.36. The minimum atomic E-state index is -0.757. The summed E-state index contributed by atoms with van der Waals surface area (Å²) in [4.78, 5) is 14.4. The fraction of sp³-hybridized carbons (Fsp3) is 0.480. The highest BCUT2D eigenvalue weighted by Crippen LogP contribution is 2.29. The first-order valence-corrected chi connectivity index (χ1v) is 11.5. The third-order valence-electron chi connectivity index (χ3n) is 6.28. The molecule has 184 valence electrons. The number of aliphatic hydroxyl groups excluding tert-OH is 1. The van der Waals surface area contributed by atoms with Crippen LogP contribution in [0.4, 0.5) is 13.2 Å². The van der Waals surface area contributed by atoms with Gasteiger partial charge in [0, 0.05) is 31.2 Å². The Labute approximate surface area is 196 Å². The lowest BCUT2D eigenvalue weighted by molar-refractivity contribution is -0.158. The lowest BCUT2D eigenvalue weighted by Crippen LogP contribution is -2.55. The van der Waals surface area contributed by atoms with Gasteiger partial charge in [0.25, 0.3) is 0 Å². The molecule has 0 aromatic heterocycles. The number of halogens is 3. The summed E-state index contributed by atoms with van der Waals surface area (Å²) in [6, 6.07) is 9.11. The summed E-state index contributed by atoms with van der Waals surface area (Å²) >= 11 is 0. The highest BCUT2D eigenvalue weighted by Gasteiger charge is 2.38. The number of nitrogens with zero attached hydrogens (tertiary/aromatic N) is 1. The minimum Gasteiger partial charge on any atom is -0.389 e. The number of nitrogens with one attached hydrogen (secondary N) is 1. The van der Waals surface area contributed by atoms with Crippen molar-refractivity contribution in [2.24, 2.45) is 0 Å². The van der Waals surface area contributed by atoms with E-state index < -0.39 is 17.7 Å². The van der Waals surface area contributed by atoms with E-state index in [9.17, 15) is 23.1 Å². The van der Waals surface area contributed by atoms with Gasteiger partial charge in [-0.05, 0) is 48.7 Å². The second-order valence-corrected chi connectivity index (χ2v) is 8.91. The van der Waals surface area contributed by atoms with Crippen molar-refractivity contribution < 1.29 is 32.5 Å². The van der Waals surface area contributed by atoms with Crippen LogP contribution in [0, 0.1) is 17.5 Å². The Morgan fingerprint density at radius 2 is 1.82 bits per heavy atom. The van der Waals surface area contributed by atoms with E-state index in [1.54, 1.807) is 12.1 Å². The number of hydrogen-bond acceptors (Lipinski definition) is 5. The van der Waals surface area contributed by atoms with E-state index in [2.05, 4.69) is 5.32 Å². The zero-order valence-corrected chi connectivity index (χ0v) is 18.8. The van der Waals surface area contributed by atoms with E-state index in [0.717, 1.165) is 17.7 Å². The summed E-state index contributed by atoms with van der Waals surface area (Å²) < 4.78 is 52.8. The van der Waals surface area contributed by atoms with Crippen LogP contribution in [0.25, 0.3) is 0 Å². The lowest BCUT2D eigenvalue weighted by Gasteiger charge is -2.44. The van der Waals surface area contributed by atoms with Crippen LogP contribution in [0.15, 0.2) is 42.5 Å². The predicted octanol–water partition coefficient (Wildman–Crippen LogP) is 2.92. The standard InChI is InChI=1S/C25H29F3N2O4/c26-18-3-1-16(2-4-18)11-29-25(32)10-21-6-8-23-24(34-21)15-33-14-20(31)13-30(23)12-17-9-19(27)5-7-22(17)28/h1-5,7,9,20-21,23-24,31H,6,8,10-15H2,(H,29,32)/t20-,21-,23+,24-/m1/s1. The Bertz CT molecular complexity index is 975. The summed E-state index contributed by atoms with van der Waals surface area (Å²) in [5.41, 5.74) is 1.02. The summed E-state index contributed by atoms with van der Waals surface area (Å²) in [5.74, 6) is -1.52. The van der Waals surface area contributed by atoms with Crippen LogP contribution in [-0.4, -0.2) is 60.0 Å². The van der Waals surface area contributed by atoms with Crippen LogP contribution in [0.1, 0.15) is 30.4 Å². The highest BCUT2D eigenvalue weighted by molar-refractivity contribution is 5.76. The van der Waals surface area contributed by atoms with Gasteiger partial charge in [-0.3, -0.25) is 9.69 Å². The predicted molar refractivity (Wildman–Crippen MR) is 118 cm³/mol. The third kappa shape index (κ3) is 6.56. The van der Waals surface area contributed by atoms with Crippen molar-refractivity contribution in [2.75, 3.05) is 19.8 Å². The van der Waals surface area contributed by atoms with Gasteiger partial charge in [0.15, 0.2) is 0 Å². The Morgan fingerprint density at radius 1 is 1.06 bits per heavy atom. The van der Waals surface area contributed by atoms with E-state index in [0.29, 0.717) is 19.4 Å². The Morgan fingerprint density at radius 3 is 2.62 bits per heavy atom. The number of aliphatic hydroxyl groups is 1. The molecule has 4 rings (SSSR count). The fourth-order valence-corrected chi connectivity index (χ4v) is 4.59. The van der Waals surface area contributed by atoms with Gasteiger partial charge in [-0.1, -0.05) is 12.1 Å². The van der Waals surface area contributed by atoms with E-state index in [-0.39, 0.29) is 68.3 Å². The topological polar surface area (TPSA) is 71.0 Å². The molecule has 2 aromatic rings. The van der Waals surface area contributed by atoms with Gasteiger partial charge in [-0.15, -0.1) is 0 Å². The molecular weight excluding hydrogens is 449 g/mol. The maximum Gasteiger partial charge on any atom is 0.222 e. The fourth-order valence-electron chi connectivity index (χ4n) is 4.59. The monoisotopic (exact) mass is 478 g/mol. The third-order valence-corrected chi connectivity index (χ3v) is 6.28. The molecule has 0 aliphatic carbocycles. The molecule has 0 bridgehead atoms. The number of benzene rings is 2. The van der Waals surface area contributed by atoms with E-state index in [1.165, 1.54) is 18.2 Å². The van der Waals surface area contributed by atoms with Gasteiger partial charge >= 0.3 is 0 Å². The molecule has 1 amide bonds. The second-order valence-electron chi connectivity index (χ2n) is 8.91. The maximum absolute atomic E-state index is 14.3. The first-order valence-electron chi connectivity index (χ1n) is 11.5.